The van der Waals surface area contributed by atoms with Crippen LogP contribution in [0.2, 0.25) is 0 Å². The molecule has 128 valence electrons. The van der Waals surface area contributed by atoms with Crippen molar-refractivity contribution >= 4 is 5.91 Å². The number of carbonyl (C=O) groups excluding carboxylic acids is 1. The zero-order chi connectivity index (χ0) is 17.0. The van der Waals surface area contributed by atoms with Gasteiger partial charge in [-0.3, -0.25) is 4.79 Å². The molecule has 0 bridgehead atoms. The summed E-state index contributed by atoms with van der Waals surface area (Å²) in [5.41, 5.74) is 1.14. The Balaban J connectivity index is 1.95. The molecule has 2 rings (SSSR count). The van der Waals surface area contributed by atoms with Gasteiger partial charge >= 0.3 is 6.18 Å². The maximum absolute atomic E-state index is 13.0. The van der Waals surface area contributed by atoms with Crippen molar-refractivity contribution in [3.63, 3.8) is 0 Å². The Morgan fingerprint density at radius 3 is 2.48 bits per heavy atom. The molecule has 1 amide bonds. The first-order valence-corrected chi connectivity index (χ1v) is 7.88. The zero-order valence-corrected chi connectivity index (χ0v) is 13.4. The maximum Gasteiger partial charge on any atom is 0.408 e. The van der Waals surface area contributed by atoms with Gasteiger partial charge in [0.25, 0.3) is 5.91 Å². The monoisotopic (exact) mass is 329 g/mol. The Labute approximate surface area is 134 Å². The van der Waals surface area contributed by atoms with E-state index in [1.165, 1.54) is 0 Å². The van der Waals surface area contributed by atoms with Gasteiger partial charge in [0.1, 0.15) is 11.8 Å². The van der Waals surface area contributed by atoms with Crippen molar-refractivity contribution in [1.29, 1.82) is 0 Å². The first-order valence-electron chi connectivity index (χ1n) is 7.88. The molecule has 1 fully saturated rings. The van der Waals surface area contributed by atoms with Gasteiger partial charge in [0.2, 0.25) is 0 Å². The minimum Gasteiger partial charge on any atom is -0.484 e. The minimum absolute atomic E-state index is 0.0294. The highest BCUT2D eigenvalue weighted by Gasteiger charge is 2.46. The molecule has 0 aliphatic carbocycles. The van der Waals surface area contributed by atoms with Crippen molar-refractivity contribution in [3.8, 4) is 5.75 Å². The van der Waals surface area contributed by atoms with Gasteiger partial charge in [-0.2, -0.15) is 13.2 Å². The highest BCUT2D eigenvalue weighted by Crippen LogP contribution is 2.32. The van der Waals surface area contributed by atoms with Gasteiger partial charge in [-0.15, -0.1) is 0 Å². The average molecular weight is 329 g/mol. The molecule has 1 aliphatic heterocycles. The van der Waals surface area contributed by atoms with Gasteiger partial charge in [0.05, 0.1) is 0 Å². The number of alkyl halides is 3. The van der Waals surface area contributed by atoms with Crippen molar-refractivity contribution in [1.82, 2.24) is 4.90 Å². The van der Waals surface area contributed by atoms with Crippen LogP contribution in [0, 0.1) is 0 Å². The quantitative estimate of drug-likeness (QED) is 0.831. The summed E-state index contributed by atoms with van der Waals surface area (Å²) < 4.78 is 44.4. The summed E-state index contributed by atoms with van der Waals surface area (Å²) >= 11 is 0. The van der Waals surface area contributed by atoms with E-state index in [1.54, 1.807) is 12.1 Å². The van der Waals surface area contributed by atoms with Crippen molar-refractivity contribution < 1.29 is 22.7 Å². The molecule has 1 atom stereocenters. The molecule has 1 saturated heterocycles. The maximum atomic E-state index is 13.0. The third-order valence-electron chi connectivity index (χ3n) is 4.11. The lowest BCUT2D eigenvalue weighted by Gasteiger charge is -2.36. The number of hydrogen-bond acceptors (Lipinski definition) is 2. The zero-order valence-electron chi connectivity index (χ0n) is 13.4. The molecule has 3 nitrogen and oxygen atoms in total. The second kappa shape index (κ2) is 7.23. The van der Waals surface area contributed by atoms with E-state index in [4.69, 9.17) is 4.74 Å². The summed E-state index contributed by atoms with van der Waals surface area (Å²) in [6, 6.07) is 5.57. The molecule has 1 heterocycles. The fourth-order valence-corrected chi connectivity index (χ4v) is 2.75. The lowest BCUT2D eigenvalue weighted by Crippen LogP contribution is -2.52. The molecule has 0 aromatic heterocycles. The third-order valence-corrected chi connectivity index (χ3v) is 4.11. The van der Waals surface area contributed by atoms with Crippen LogP contribution in [0.25, 0.3) is 0 Å². The van der Waals surface area contributed by atoms with Crippen molar-refractivity contribution in [2.24, 2.45) is 0 Å². The van der Waals surface area contributed by atoms with Crippen LogP contribution in [0.5, 0.6) is 5.75 Å². The van der Waals surface area contributed by atoms with E-state index in [0.29, 0.717) is 24.5 Å². The number of likely N-dealkylation sites (tertiary alicyclic amines) is 1. The predicted molar refractivity (Wildman–Crippen MR) is 81.4 cm³/mol. The van der Waals surface area contributed by atoms with E-state index >= 15 is 0 Å². The van der Waals surface area contributed by atoms with Gasteiger partial charge in [-0.05, 0) is 42.9 Å². The highest BCUT2D eigenvalue weighted by molar-refractivity contribution is 5.78. The Bertz CT molecular complexity index is 526. The van der Waals surface area contributed by atoms with E-state index in [2.05, 4.69) is 13.8 Å². The number of rotatable bonds is 4. The molecule has 0 saturated carbocycles. The number of benzene rings is 1. The average Bonchev–Trinajstić information content (AvgIpc) is 2.52. The van der Waals surface area contributed by atoms with Crippen LogP contribution in [0.3, 0.4) is 0 Å². The molecule has 0 N–H and O–H groups in total. The Morgan fingerprint density at radius 1 is 1.26 bits per heavy atom. The first kappa shape index (κ1) is 17.6. The second-order valence-corrected chi connectivity index (χ2v) is 6.15. The third kappa shape index (κ3) is 4.62. The highest BCUT2D eigenvalue weighted by atomic mass is 19.4. The smallest absolute Gasteiger partial charge is 0.408 e. The van der Waals surface area contributed by atoms with Crippen LogP contribution < -0.4 is 4.74 Å². The SMILES string of the molecule is CC(C)c1ccc(OCC(=O)N2CCCCC2C(F)(F)F)cc1. The van der Waals surface area contributed by atoms with Crippen molar-refractivity contribution in [2.45, 2.75) is 51.2 Å². The fraction of sp³-hybridized carbons (Fsp3) is 0.588. The van der Waals surface area contributed by atoms with Crippen LogP contribution in [-0.2, 0) is 4.79 Å². The molecule has 6 heteroatoms. The Morgan fingerprint density at radius 2 is 1.91 bits per heavy atom. The summed E-state index contributed by atoms with van der Waals surface area (Å²) in [7, 11) is 0. The number of ether oxygens (including phenoxy) is 1. The lowest BCUT2D eigenvalue weighted by molar-refractivity contribution is -0.196. The number of amides is 1. The topological polar surface area (TPSA) is 29.5 Å². The number of carbonyl (C=O) groups is 1. The lowest BCUT2D eigenvalue weighted by atomic mass is 10.0. The number of hydrogen-bond donors (Lipinski definition) is 0. The van der Waals surface area contributed by atoms with E-state index in [1.807, 2.05) is 12.1 Å². The summed E-state index contributed by atoms with van der Waals surface area (Å²) in [6.45, 7) is 3.90. The second-order valence-electron chi connectivity index (χ2n) is 6.15. The molecule has 1 aliphatic rings. The first-order chi connectivity index (χ1) is 10.8. The van der Waals surface area contributed by atoms with Gasteiger partial charge < -0.3 is 9.64 Å². The number of halogens is 3. The van der Waals surface area contributed by atoms with Crippen LogP contribution in [0.1, 0.15) is 44.6 Å². The van der Waals surface area contributed by atoms with Gasteiger partial charge in [-0.25, -0.2) is 0 Å². The molecular weight excluding hydrogens is 307 g/mol. The van der Waals surface area contributed by atoms with Crippen LogP contribution in [-0.4, -0.2) is 36.2 Å². The van der Waals surface area contributed by atoms with E-state index in [-0.39, 0.29) is 19.6 Å². The Kier molecular flexibility index (Phi) is 5.55. The Hall–Kier alpha value is -1.72. The summed E-state index contributed by atoms with van der Waals surface area (Å²) in [5.74, 6) is 0.259. The minimum atomic E-state index is -4.38. The number of piperidine rings is 1. The van der Waals surface area contributed by atoms with Crippen molar-refractivity contribution in [3.05, 3.63) is 29.8 Å². The largest absolute Gasteiger partial charge is 0.484 e. The molecule has 0 spiro atoms. The summed E-state index contributed by atoms with van der Waals surface area (Å²) in [5, 5.41) is 0. The van der Waals surface area contributed by atoms with Gasteiger partial charge in [0, 0.05) is 6.54 Å². The number of nitrogens with zero attached hydrogens (tertiary/aromatic N) is 1. The van der Waals surface area contributed by atoms with E-state index in [0.717, 1.165) is 10.5 Å². The molecule has 23 heavy (non-hydrogen) atoms. The molecule has 0 radical (unpaired) electrons. The fourth-order valence-electron chi connectivity index (χ4n) is 2.75. The normalized spacial score (nSPS) is 19.0. The van der Waals surface area contributed by atoms with Gasteiger partial charge in [0.15, 0.2) is 6.61 Å². The molecular formula is C17H22F3NO2. The van der Waals surface area contributed by atoms with Crippen LogP contribution in [0.15, 0.2) is 24.3 Å². The molecule has 1 aromatic carbocycles. The summed E-state index contributed by atoms with van der Waals surface area (Å²) in [4.78, 5) is 13.0. The summed E-state index contributed by atoms with van der Waals surface area (Å²) in [6.07, 6.45) is -3.32. The molecule has 1 aromatic rings. The van der Waals surface area contributed by atoms with E-state index in [9.17, 15) is 18.0 Å². The predicted octanol–water partition coefficient (Wildman–Crippen LogP) is 4.13. The standard InChI is InChI=1S/C17H22F3NO2/c1-12(2)13-6-8-14(9-7-13)23-11-16(22)21-10-4-3-5-15(21)17(18,19)20/h6-9,12,15H,3-5,10-11H2,1-2H3. The van der Waals surface area contributed by atoms with Crippen LogP contribution in [0.4, 0.5) is 13.2 Å². The molecule has 1 unspecified atom stereocenters. The van der Waals surface area contributed by atoms with Crippen molar-refractivity contribution in [2.75, 3.05) is 13.2 Å². The van der Waals surface area contributed by atoms with Gasteiger partial charge in [-0.1, -0.05) is 26.0 Å². The van der Waals surface area contributed by atoms with E-state index < -0.39 is 18.1 Å². The van der Waals surface area contributed by atoms with Crippen LogP contribution >= 0.6 is 0 Å².